The van der Waals surface area contributed by atoms with E-state index in [1.54, 1.807) is 0 Å². The molecule has 0 saturated carbocycles. The number of halogens is 2. The first-order chi connectivity index (χ1) is 8.13. The fourth-order valence-corrected chi connectivity index (χ4v) is 1.55. The summed E-state index contributed by atoms with van der Waals surface area (Å²) in [5.41, 5.74) is 0.616. The van der Waals surface area contributed by atoms with Crippen LogP contribution in [0.15, 0.2) is 36.4 Å². The van der Waals surface area contributed by atoms with E-state index in [-0.39, 0.29) is 17.1 Å². The molecular formula is C13H10F2O2. The minimum atomic E-state index is -1.02. The molecule has 0 spiro atoms. The van der Waals surface area contributed by atoms with Crippen molar-refractivity contribution in [3.8, 4) is 22.6 Å². The van der Waals surface area contributed by atoms with Gasteiger partial charge in [0.1, 0.15) is 5.75 Å². The van der Waals surface area contributed by atoms with Crippen LogP contribution in [0.2, 0.25) is 0 Å². The largest absolute Gasteiger partial charge is 0.508 e. The summed E-state index contributed by atoms with van der Waals surface area (Å²) in [6.07, 6.45) is 0. The summed E-state index contributed by atoms with van der Waals surface area (Å²) in [5.74, 6) is -2.04. The summed E-state index contributed by atoms with van der Waals surface area (Å²) < 4.78 is 31.9. The lowest BCUT2D eigenvalue weighted by Gasteiger charge is -2.07. The van der Waals surface area contributed by atoms with Crippen molar-refractivity contribution in [1.82, 2.24) is 0 Å². The van der Waals surface area contributed by atoms with E-state index in [1.165, 1.54) is 43.5 Å². The van der Waals surface area contributed by atoms with Crippen molar-refractivity contribution in [2.75, 3.05) is 7.11 Å². The molecule has 0 aliphatic rings. The first kappa shape index (κ1) is 11.4. The predicted octanol–water partition coefficient (Wildman–Crippen LogP) is 3.35. The number of phenols is 1. The molecule has 0 aromatic heterocycles. The lowest BCUT2D eigenvalue weighted by atomic mass is 10.0. The highest BCUT2D eigenvalue weighted by Crippen LogP contribution is 2.30. The van der Waals surface area contributed by atoms with Gasteiger partial charge in [-0.1, -0.05) is 12.1 Å². The third-order valence-electron chi connectivity index (χ3n) is 2.45. The third-order valence-corrected chi connectivity index (χ3v) is 2.45. The van der Waals surface area contributed by atoms with E-state index in [9.17, 15) is 8.78 Å². The van der Waals surface area contributed by atoms with Crippen molar-refractivity contribution in [2.45, 2.75) is 0 Å². The third kappa shape index (κ3) is 2.06. The second-order valence-electron chi connectivity index (χ2n) is 3.49. The maximum Gasteiger partial charge on any atom is 0.201 e. The van der Waals surface area contributed by atoms with Crippen LogP contribution in [0.3, 0.4) is 0 Å². The second-order valence-corrected chi connectivity index (χ2v) is 3.49. The van der Waals surface area contributed by atoms with Gasteiger partial charge in [0.2, 0.25) is 5.82 Å². The molecule has 88 valence electrons. The predicted molar refractivity (Wildman–Crippen MR) is 60.0 cm³/mol. The maximum atomic E-state index is 13.7. The minimum absolute atomic E-state index is 0.0724. The van der Waals surface area contributed by atoms with Gasteiger partial charge < -0.3 is 9.84 Å². The summed E-state index contributed by atoms with van der Waals surface area (Å²) in [6, 6.07) is 8.65. The van der Waals surface area contributed by atoms with E-state index in [4.69, 9.17) is 5.11 Å². The Bertz CT molecular complexity index is 536. The monoisotopic (exact) mass is 236 g/mol. The van der Waals surface area contributed by atoms with Gasteiger partial charge in [-0.15, -0.1) is 0 Å². The van der Waals surface area contributed by atoms with Gasteiger partial charge in [0.15, 0.2) is 11.6 Å². The molecule has 2 rings (SSSR count). The molecular weight excluding hydrogens is 226 g/mol. The van der Waals surface area contributed by atoms with Crippen LogP contribution in [0, 0.1) is 11.6 Å². The first-order valence-electron chi connectivity index (χ1n) is 4.95. The number of hydrogen-bond donors (Lipinski definition) is 1. The molecule has 0 heterocycles. The van der Waals surface area contributed by atoms with Crippen LogP contribution in [-0.2, 0) is 0 Å². The molecule has 0 atom stereocenters. The zero-order valence-corrected chi connectivity index (χ0v) is 9.08. The van der Waals surface area contributed by atoms with Crippen LogP contribution < -0.4 is 4.74 Å². The number of rotatable bonds is 2. The first-order valence-corrected chi connectivity index (χ1v) is 4.95. The molecule has 2 aromatic rings. The van der Waals surface area contributed by atoms with Crippen LogP contribution in [0.1, 0.15) is 0 Å². The van der Waals surface area contributed by atoms with Gasteiger partial charge in [-0.3, -0.25) is 0 Å². The molecule has 0 amide bonds. The van der Waals surface area contributed by atoms with Crippen molar-refractivity contribution in [3.63, 3.8) is 0 Å². The summed E-state index contributed by atoms with van der Waals surface area (Å²) in [4.78, 5) is 0. The lowest BCUT2D eigenvalue weighted by Crippen LogP contribution is -1.94. The zero-order valence-electron chi connectivity index (χ0n) is 9.08. The molecule has 17 heavy (non-hydrogen) atoms. The Hall–Kier alpha value is -2.10. The van der Waals surface area contributed by atoms with Crippen molar-refractivity contribution >= 4 is 0 Å². The highest BCUT2D eigenvalue weighted by atomic mass is 19.2. The van der Waals surface area contributed by atoms with E-state index >= 15 is 0 Å². The van der Waals surface area contributed by atoms with Crippen molar-refractivity contribution in [2.24, 2.45) is 0 Å². The summed E-state index contributed by atoms with van der Waals surface area (Å²) >= 11 is 0. The molecule has 2 aromatic carbocycles. The van der Waals surface area contributed by atoms with Gasteiger partial charge >= 0.3 is 0 Å². The number of benzene rings is 2. The van der Waals surface area contributed by atoms with Crippen molar-refractivity contribution in [3.05, 3.63) is 48.0 Å². The average molecular weight is 236 g/mol. The average Bonchev–Trinajstić information content (AvgIpc) is 2.34. The molecule has 0 unspecified atom stereocenters. The minimum Gasteiger partial charge on any atom is -0.508 e. The number of aromatic hydroxyl groups is 1. The fraction of sp³-hybridized carbons (Fsp3) is 0.0769. The van der Waals surface area contributed by atoms with Crippen molar-refractivity contribution in [1.29, 1.82) is 0 Å². The molecule has 0 saturated heterocycles. The number of hydrogen-bond acceptors (Lipinski definition) is 2. The smallest absolute Gasteiger partial charge is 0.201 e. The van der Waals surface area contributed by atoms with Gasteiger partial charge in [-0.2, -0.15) is 4.39 Å². The number of ether oxygens (including phenoxy) is 1. The molecule has 0 aliphatic heterocycles. The summed E-state index contributed by atoms with van der Waals surface area (Å²) in [6.45, 7) is 0. The van der Waals surface area contributed by atoms with Gasteiger partial charge in [-0.25, -0.2) is 4.39 Å². The van der Waals surface area contributed by atoms with Gasteiger partial charge in [0, 0.05) is 5.56 Å². The molecule has 0 aliphatic carbocycles. The fourth-order valence-electron chi connectivity index (χ4n) is 1.55. The quantitative estimate of drug-likeness (QED) is 0.866. The topological polar surface area (TPSA) is 29.5 Å². The van der Waals surface area contributed by atoms with Crippen molar-refractivity contribution < 1.29 is 18.6 Å². The van der Waals surface area contributed by atoms with E-state index in [1.807, 2.05) is 0 Å². The van der Waals surface area contributed by atoms with Crippen LogP contribution >= 0.6 is 0 Å². The Kier molecular flexibility index (Phi) is 2.95. The number of methoxy groups -OCH3 is 1. The highest BCUT2D eigenvalue weighted by molar-refractivity contribution is 5.65. The van der Waals surface area contributed by atoms with Crippen LogP contribution in [0.5, 0.6) is 11.5 Å². The zero-order chi connectivity index (χ0) is 12.4. The maximum absolute atomic E-state index is 13.7. The summed E-state index contributed by atoms with van der Waals surface area (Å²) in [7, 11) is 1.28. The van der Waals surface area contributed by atoms with Crippen LogP contribution in [0.4, 0.5) is 8.78 Å². The van der Waals surface area contributed by atoms with Crippen LogP contribution in [-0.4, -0.2) is 12.2 Å². The Labute approximate surface area is 97.1 Å². The Morgan fingerprint density at radius 3 is 2.18 bits per heavy atom. The second kappa shape index (κ2) is 4.41. The molecule has 0 radical (unpaired) electrons. The van der Waals surface area contributed by atoms with Gasteiger partial charge in [0.05, 0.1) is 7.11 Å². The molecule has 2 nitrogen and oxygen atoms in total. The van der Waals surface area contributed by atoms with Crippen LogP contribution in [0.25, 0.3) is 11.1 Å². The molecule has 1 N–H and O–H groups in total. The van der Waals surface area contributed by atoms with E-state index in [2.05, 4.69) is 4.74 Å². The molecule has 0 bridgehead atoms. The van der Waals surface area contributed by atoms with E-state index in [0.717, 1.165) is 0 Å². The highest BCUT2D eigenvalue weighted by Gasteiger charge is 2.14. The van der Waals surface area contributed by atoms with Gasteiger partial charge in [-0.05, 0) is 29.8 Å². The Morgan fingerprint density at radius 1 is 0.941 bits per heavy atom. The Morgan fingerprint density at radius 2 is 1.59 bits per heavy atom. The van der Waals surface area contributed by atoms with E-state index in [0.29, 0.717) is 5.56 Å². The molecule has 0 fully saturated rings. The van der Waals surface area contributed by atoms with Gasteiger partial charge in [0.25, 0.3) is 0 Å². The Balaban J connectivity index is 2.53. The van der Waals surface area contributed by atoms with E-state index < -0.39 is 11.6 Å². The number of phenolic OH excluding ortho intramolecular Hbond substituents is 1. The molecule has 4 heteroatoms. The SMILES string of the molecule is COc1ccc(-c2ccc(O)cc2)c(F)c1F. The normalized spacial score (nSPS) is 10.3. The standard InChI is InChI=1S/C13H10F2O2/c1-17-11-7-6-10(12(14)13(11)15)8-2-4-9(16)5-3-8/h2-7,16H,1H3. The summed E-state index contributed by atoms with van der Waals surface area (Å²) in [5, 5.41) is 9.12. The lowest BCUT2D eigenvalue weighted by molar-refractivity contribution is 0.372.